The second-order valence-electron chi connectivity index (χ2n) is 3.84. The molecule has 1 atom stereocenters. The summed E-state index contributed by atoms with van der Waals surface area (Å²) in [6, 6.07) is 4.07. The summed E-state index contributed by atoms with van der Waals surface area (Å²) in [6.07, 6.45) is 3.16. The Hall–Kier alpha value is -1.13. The third-order valence-corrected chi connectivity index (χ3v) is 3.81. The predicted molar refractivity (Wildman–Crippen MR) is 62.1 cm³/mol. The van der Waals surface area contributed by atoms with E-state index in [-0.39, 0.29) is 0 Å². The van der Waals surface area contributed by atoms with Gasteiger partial charge in [-0.2, -0.15) is 0 Å². The van der Waals surface area contributed by atoms with E-state index in [2.05, 4.69) is 26.7 Å². The Morgan fingerprint density at radius 2 is 2.47 bits per heavy atom. The van der Waals surface area contributed by atoms with Crippen molar-refractivity contribution >= 4 is 11.3 Å². The van der Waals surface area contributed by atoms with E-state index in [0.29, 0.717) is 5.92 Å². The molecule has 2 aromatic rings. The van der Waals surface area contributed by atoms with Crippen molar-refractivity contribution in [3.63, 3.8) is 0 Å². The Morgan fingerprint density at radius 3 is 3.20 bits per heavy atom. The zero-order valence-electron chi connectivity index (χ0n) is 8.36. The van der Waals surface area contributed by atoms with Crippen LogP contribution < -0.4 is 5.32 Å². The van der Waals surface area contributed by atoms with Gasteiger partial charge in [-0.1, -0.05) is 0 Å². The molecule has 78 valence electrons. The highest BCUT2D eigenvalue weighted by molar-refractivity contribution is 7.10. The molecule has 1 unspecified atom stereocenters. The highest BCUT2D eigenvalue weighted by Crippen LogP contribution is 2.28. The molecule has 1 fully saturated rings. The van der Waals surface area contributed by atoms with E-state index in [4.69, 9.17) is 0 Å². The highest BCUT2D eigenvalue weighted by Gasteiger charge is 2.19. The van der Waals surface area contributed by atoms with Crippen molar-refractivity contribution in [3.8, 4) is 11.4 Å². The number of rotatable bonds is 2. The second-order valence-corrected chi connectivity index (χ2v) is 4.73. The van der Waals surface area contributed by atoms with Gasteiger partial charge >= 0.3 is 0 Å². The number of hydrogen-bond acceptors (Lipinski definition) is 3. The maximum atomic E-state index is 4.68. The lowest BCUT2D eigenvalue weighted by molar-refractivity contribution is 0.756. The lowest BCUT2D eigenvalue weighted by atomic mass is 10.1. The zero-order chi connectivity index (χ0) is 10.1. The number of hydrogen-bond donors (Lipinski definition) is 2. The van der Waals surface area contributed by atoms with Gasteiger partial charge in [0.25, 0.3) is 0 Å². The van der Waals surface area contributed by atoms with E-state index in [1.165, 1.54) is 11.4 Å². The van der Waals surface area contributed by atoms with Crippen LogP contribution >= 0.6 is 11.3 Å². The van der Waals surface area contributed by atoms with Crippen LogP contribution in [0, 0.1) is 0 Å². The van der Waals surface area contributed by atoms with Gasteiger partial charge in [0.05, 0.1) is 16.4 Å². The zero-order valence-corrected chi connectivity index (χ0v) is 9.18. The van der Waals surface area contributed by atoms with E-state index in [0.717, 1.165) is 24.5 Å². The predicted octanol–water partition coefficient (Wildman–Crippen LogP) is 2.22. The van der Waals surface area contributed by atoms with Gasteiger partial charge in [-0.15, -0.1) is 11.3 Å². The van der Waals surface area contributed by atoms with Crippen LogP contribution in [-0.2, 0) is 0 Å². The summed E-state index contributed by atoms with van der Waals surface area (Å²) in [7, 11) is 0. The molecule has 0 aromatic carbocycles. The largest absolute Gasteiger partial charge is 0.360 e. The van der Waals surface area contributed by atoms with Crippen molar-refractivity contribution in [1.82, 2.24) is 15.3 Å². The van der Waals surface area contributed by atoms with E-state index in [9.17, 15) is 0 Å². The molecular formula is C11H13N3S. The number of H-pyrrole nitrogens is 1. The molecule has 3 rings (SSSR count). The summed E-state index contributed by atoms with van der Waals surface area (Å²) in [4.78, 5) is 7.87. The fraction of sp³-hybridized carbons (Fsp3) is 0.364. The van der Waals surface area contributed by atoms with E-state index in [1.807, 2.05) is 12.3 Å². The number of nitrogens with zero attached hydrogens (tertiary/aromatic N) is 1. The maximum absolute atomic E-state index is 4.68. The first-order valence-corrected chi connectivity index (χ1v) is 6.11. The van der Waals surface area contributed by atoms with Crippen molar-refractivity contribution in [2.24, 2.45) is 0 Å². The molecule has 2 aromatic heterocycles. The van der Waals surface area contributed by atoms with E-state index in [1.54, 1.807) is 11.3 Å². The second kappa shape index (κ2) is 3.79. The normalized spacial score (nSPS) is 20.9. The van der Waals surface area contributed by atoms with Gasteiger partial charge in [0.15, 0.2) is 0 Å². The van der Waals surface area contributed by atoms with E-state index >= 15 is 0 Å². The Balaban J connectivity index is 1.87. The van der Waals surface area contributed by atoms with Gasteiger partial charge in [-0.25, -0.2) is 4.98 Å². The molecule has 0 spiro atoms. The molecule has 1 aliphatic heterocycles. The van der Waals surface area contributed by atoms with Gasteiger partial charge in [-0.3, -0.25) is 0 Å². The summed E-state index contributed by atoms with van der Waals surface area (Å²) in [5, 5.41) is 6.78. The van der Waals surface area contributed by atoms with Crippen LogP contribution in [0.3, 0.4) is 0 Å². The van der Waals surface area contributed by atoms with Gasteiger partial charge in [0, 0.05) is 24.0 Å². The van der Waals surface area contributed by atoms with Crippen LogP contribution in [0.25, 0.3) is 11.4 Å². The van der Waals surface area contributed by atoms with Crippen molar-refractivity contribution in [2.45, 2.75) is 12.3 Å². The molecule has 0 radical (unpaired) electrons. The third-order valence-electron chi connectivity index (χ3n) is 2.81. The molecule has 4 heteroatoms. The standard InChI is InChI=1S/C11H13N3S/c1-2-9(13-4-1)10-7-15-11(14-10)8-3-5-12-6-8/h1-2,4,7-8,12-13H,3,5-6H2. The number of aromatic amines is 1. The molecule has 3 nitrogen and oxygen atoms in total. The molecule has 3 heterocycles. The van der Waals surface area contributed by atoms with E-state index < -0.39 is 0 Å². The van der Waals surface area contributed by atoms with Crippen LogP contribution in [0.4, 0.5) is 0 Å². The van der Waals surface area contributed by atoms with Crippen molar-refractivity contribution in [3.05, 3.63) is 28.7 Å². The van der Waals surface area contributed by atoms with Crippen molar-refractivity contribution < 1.29 is 0 Å². The quantitative estimate of drug-likeness (QED) is 0.813. The Kier molecular flexibility index (Phi) is 2.31. The average molecular weight is 219 g/mol. The Morgan fingerprint density at radius 1 is 1.47 bits per heavy atom. The molecule has 0 aliphatic carbocycles. The monoisotopic (exact) mass is 219 g/mol. The lowest BCUT2D eigenvalue weighted by Gasteiger charge is -2.01. The first-order valence-electron chi connectivity index (χ1n) is 5.23. The molecule has 0 bridgehead atoms. The Labute approximate surface area is 92.6 Å². The molecule has 15 heavy (non-hydrogen) atoms. The van der Waals surface area contributed by atoms with Gasteiger partial charge < -0.3 is 10.3 Å². The van der Waals surface area contributed by atoms with Crippen molar-refractivity contribution in [1.29, 1.82) is 0 Å². The summed E-state index contributed by atoms with van der Waals surface area (Å²) in [6.45, 7) is 2.21. The summed E-state index contributed by atoms with van der Waals surface area (Å²) >= 11 is 1.77. The number of aromatic nitrogens is 2. The van der Waals surface area contributed by atoms with Crippen LogP contribution in [-0.4, -0.2) is 23.1 Å². The third kappa shape index (κ3) is 1.70. The molecule has 0 saturated carbocycles. The minimum absolute atomic E-state index is 0.624. The molecule has 1 aliphatic rings. The minimum atomic E-state index is 0.624. The molecular weight excluding hydrogens is 206 g/mol. The smallest absolute Gasteiger partial charge is 0.0977 e. The van der Waals surface area contributed by atoms with Crippen LogP contribution in [0.5, 0.6) is 0 Å². The highest BCUT2D eigenvalue weighted by atomic mass is 32.1. The van der Waals surface area contributed by atoms with Crippen molar-refractivity contribution in [2.75, 3.05) is 13.1 Å². The first-order chi connectivity index (χ1) is 7.43. The van der Waals surface area contributed by atoms with Gasteiger partial charge in [0.2, 0.25) is 0 Å². The SMILES string of the molecule is c1c[nH]c(-c2csc(C3CCNC3)n2)c1. The average Bonchev–Trinajstić information content (AvgIpc) is 3.02. The summed E-state index contributed by atoms with van der Waals surface area (Å²) < 4.78 is 0. The fourth-order valence-electron chi connectivity index (χ4n) is 1.95. The summed E-state index contributed by atoms with van der Waals surface area (Å²) in [5.41, 5.74) is 2.19. The molecule has 1 saturated heterocycles. The lowest BCUT2D eigenvalue weighted by Crippen LogP contribution is -2.07. The molecule has 2 N–H and O–H groups in total. The topological polar surface area (TPSA) is 40.7 Å². The number of thiazole rings is 1. The summed E-state index contributed by atoms with van der Waals surface area (Å²) in [5.74, 6) is 0.624. The fourth-order valence-corrected chi connectivity index (χ4v) is 2.91. The minimum Gasteiger partial charge on any atom is -0.360 e. The maximum Gasteiger partial charge on any atom is 0.0977 e. The first kappa shape index (κ1) is 9.12. The Bertz CT molecular complexity index is 426. The van der Waals surface area contributed by atoms with Crippen LogP contribution in [0.2, 0.25) is 0 Å². The van der Waals surface area contributed by atoms with Gasteiger partial charge in [0.1, 0.15) is 0 Å². The molecule has 0 amide bonds. The van der Waals surface area contributed by atoms with Gasteiger partial charge in [-0.05, 0) is 25.1 Å². The number of nitrogens with one attached hydrogen (secondary N) is 2. The van der Waals surface area contributed by atoms with Crippen LogP contribution in [0.15, 0.2) is 23.7 Å². The van der Waals surface area contributed by atoms with Crippen LogP contribution in [0.1, 0.15) is 17.3 Å².